The minimum atomic E-state index is -2.27. The van der Waals surface area contributed by atoms with E-state index >= 15 is 0 Å². The van der Waals surface area contributed by atoms with Crippen LogP contribution in [-0.2, 0) is 4.74 Å². The van der Waals surface area contributed by atoms with Crippen LogP contribution in [0.5, 0.6) is 0 Å². The van der Waals surface area contributed by atoms with Crippen LogP contribution in [0.4, 0.5) is 16.2 Å². The van der Waals surface area contributed by atoms with Gasteiger partial charge in [-0.2, -0.15) is 9.97 Å². The van der Waals surface area contributed by atoms with E-state index in [9.17, 15) is 19.7 Å². The summed E-state index contributed by atoms with van der Waals surface area (Å²) >= 11 is 0. The number of nitrogens with two attached hydrogens (primary N) is 2. The van der Waals surface area contributed by atoms with E-state index in [1.165, 1.54) is 10.9 Å². The van der Waals surface area contributed by atoms with E-state index in [1.54, 1.807) is 0 Å². The number of anilines is 2. The van der Waals surface area contributed by atoms with E-state index in [0.29, 0.717) is 0 Å². The fourth-order valence-corrected chi connectivity index (χ4v) is 2.55. The molecule has 1 fully saturated rings. The number of nitrogens with zero attached hydrogens (tertiary/aromatic N) is 4. The van der Waals surface area contributed by atoms with Crippen LogP contribution >= 0.6 is 0 Å². The summed E-state index contributed by atoms with van der Waals surface area (Å²) in [7, 11) is 0. The number of fused-ring (bicyclic) bond motifs is 1. The first-order valence-electron chi connectivity index (χ1n) is 6.40. The van der Waals surface area contributed by atoms with Gasteiger partial charge in [-0.15, -0.1) is 0 Å². The van der Waals surface area contributed by atoms with Gasteiger partial charge in [0.05, 0.1) is 12.9 Å². The zero-order valence-corrected chi connectivity index (χ0v) is 11.3. The van der Waals surface area contributed by atoms with Gasteiger partial charge in [0.1, 0.15) is 24.4 Å². The lowest BCUT2D eigenvalue weighted by Gasteiger charge is -2.28. The molecule has 10 nitrogen and oxygen atoms in total. The van der Waals surface area contributed by atoms with Crippen LogP contribution in [0.1, 0.15) is 6.23 Å². The first kappa shape index (κ1) is 14.8. The van der Waals surface area contributed by atoms with Gasteiger partial charge in [0.2, 0.25) is 5.95 Å². The van der Waals surface area contributed by atoms with Crippen molar-refractivity contribution in [2.24, 2.45) is 0 Å². The van der Waals surface area contributed by atoms with Gasteiger partial charge in [0.25, 0.3) is 0 Å². The zero-order chi connectivity index (χ0) is 16.1. The predicted molar refractivity (Wildman–Crippen MR) is 72.1 cm³/mol. The first-order valence-corrected chi connectivity index (χ1v) is 6.40. The third-order valence-electron chi connectivity index (χ3n) is 3.71. The summed E-state index contributed by atoms with van der Waals surface area (Å²) in [5, 5.41) is 29.5. The Hall–Kier alpha value is -2.08. The Morgan fingerprint density at radius 3 is 2.77 bits per heavy atom. The van der Waals surface area contributed by atoms with Crippen LogP contribution in [-0.4, -0.2) is 65.9 Å². The quantitative estimate of drug-likeness (QED) is 0.428. The summed E-state index contributed by atoms with van der Waals surface area (Å²) in [6, 6.07) is 0. The molecule has 0 unspecified atom stereocenters. The fraction of sp³-hybridized carbons (Fsp3) is 0.545. The molecule has 0 aliphatic carbocycles. The van der Waals surface area contributed by atoms with Gasteiger partial charge in [0, 0.05) is 0 Å². The van der Waals surface area contributed by atoms with E-state index in [0.717, 1.165) is 0 Å². The molecule has 2 aromatic heterocycles. The highest BCUT2D eigenvalue weighted by atomic mass is 19.1. The summed E-state index contributed by atoms with van der Waals surface area (Å²) < 4.78 is 19.9. The van der Waals surface area contributed by atoms with Gasteiger partial charge < -0.3 is 31.5 Å². The monoisotopic (exact) mass is 314 g/mol. The van der Waals surface area contributed by atoms with Crippen LogP contribution in [0.25, 0.3) is 11.2 Å². The average Bonchev–Trinajstić information content (AvgIpc) is 3.00. The van der Waals surface area contributed by atoms with Crippen molar-refractivity contribution in [2.45, 2.75) is 24.0 Å². The van der Waals surface area contributed by atoms with Crippen molar-refractivity contribution in [3.05, 3.63) is 6.33 Å². The molecule has 1 aliphatic rings. The number of nitrogen functional groups attached to an aromatic ring is 2. The average molecular weight is 314 g/mol. The van der Waals surface area contributed by atoms with E-state index in [-0.39, 0.29) is 22.9 Å². The van der Waals surface area contributed by atoms with Crippen molar-refractivity contribution < 1.29 is 24.4 Å². The molecule has 0 saturated carbocycles. The van der Waals surface area contributed by atoms with Crippen molar-refractivity contribution in [2.75, 3.05) is 24.7 Å². The molecule has 7 N–H and O–H groups in total. The fourth-order valence-electron chi connectivity index (χ4n) is 2.55. The number of hydrogen-bond donors (Lipinski definition) is 5. The molecular weight excluding hydrogens is 299 g/mol. The van der Waals surface area contributed by atoms with E-state index < -0.39 is 37.3 Å². The summed E-state index contributed by atoms with van der Waals surface area (Å²) in [6.45, 7) is -1.89. The van der Waals surface area contributed by atoms with Crippen molar-refractivity contribution in [3.63, 3.8) is 0 Å². The summed E-state index contributed by atoms with van der Waals surface area (Å²) in [6.07, 6.45) is -2.92. The maximum atomic E-state index is 13.4. The second-order valence-electron chi connectivity index (χ2n) is 5.07. The molecule has 2 aromatic rings. The smallest absolute Gasteiger partial charge is 0.224 e. The lowest BCUT2D eigenvalue weighted by molar-refractivity contribution is -0.118. The first-order chi connectivity index (χ1) is 10.4. The predicted octanol–water partition coefficient (Wildman–Crippen LogP) is -2.06. The van der Waals surface area contributed by atoms with Gasteiger partial charge in [-0.25, -0.2) is 9.37 Å². The van der Waals surface area contributed by atoms with E-state index in [1.807, 2.05) is 0 Å². The van der Waals surface area contributed by atoms with Gasteiger partial charge in [-0.3, -0.25) is 4.57 Å². The van der Waals surface area contributed by atoms with Gasteiger partial charge in [-0.1, -0.05) is 0 Å². The molecule has 0 amide bonds. The lowest BCUT2D eigenvalue weighted by atomic mass is 9.95. The molecule has 1 saturated heterocycles. The number of aliphatic hydroxyl groups excluding tert-OH is 2. The Labute approximate surface area is 123 Å². The maximum Gasteiger partial charge on any atom is 0.224 e. The molecule has 0 spiro atoms. The number of hydrogen-bond acceptors (Lipinski definition) is 9. The number of imidazole rings is 1. The van der Waals surface area contributed by atoms with Crippen LogP contribution in [0.3, 0.4) is 0 Å². The van der Waals surface area contributed by atoms with Gasteiger partial charge in [0.15, 0.2) is 23.3 Å². The molecular formula is C11H15FN6O4. The SMILES string of the molecule is Nc1nc(N)c2ncn([C@@H]3O[C@H](CO)[C@@H](O)[C@]3(O)CF)c2n1. The van der Waals surface area contributed by atoms with E-state index in [2.05, 4.69) is 15.0 Å². The third-order valence-corrected chi connectivity index (χ3v) is 3.71. The Morgan fingerprint density at radius 1 is 1.41 bits per heavy atom. The topological polar surface area (TPSA) is 166 Å². The molecule has 0 radical (unpaired) electrons. The number of aliphatic hydroxyl groups is 3. The van der Waals surface area contributed by atoms with Crippen LogP contribution in [0, 0.1) is 0 Å². The minimum absolute atomic E-state index is 0.0160. The molecule has 4 atom stereocenters. The number of rotatable bonds is 3. The molecule has 3 heterocycles. The molecule has 11 heteroatoms. The highest BCUT2D eigenvalue weighted by Gasteiger charge is 2.56. The molecule has 1 aliphatic heterocycles. The summed E-state index contributed by atoms with van der Waals surface area (Å²) in [5.74, 6) is -0.116. The molecule has 22 heavy (non-hydrogen) atoms. The van der Waals surface area contributed by atoms with Crippen molar-refractivity contribution in [1.82, 2.24) is 19.5 Å². The van der Waals surface area contributed by atoms with Crippen molar-refractivity contribution in [3.8, 4) is 0 Å². The minimum Gasteiger partial charge on any atom is -0.394 e. The van der Waals surface area contributed by atoms with E-state index in [4.69, 9.17) is 16.2 Å². The molecule has 3 rings (SSSR count). The van der Waals surface area contributed by atoms with Crippen LogP contribution in [0.2, 0.25) is 0 Å². The number of halogens is 1. The lowest BCUT2D eigenvalue weighted by Crippen LogP contribution is -2.48. The molecule has 120 valence electrons. The van der Waals surface area contributed by atoms with Gasteiger partial charge >= 0.3 is 0 Å². The Bertz CT molecular complexity index is 711. The number of ether oxygens (including phenoxy) is 1. The summed E-state index contributed by atoms with van der Waals surface area (Å²) in [4.78, 5) is 11.7. The third kappa shape index (κ3) is 1.90. The molecule has 0 bridgehead atoms. The zero-order valence-electron chi connectivity index (χ0n) is 11.3. The highest BCUT2D eigenvalue weighted by Crippen LogP contribution is 2.40. The summed E-state index contributed by atoms with van der Waals surface area (Å²) in [5.41, 5.74) is 9.24. The Balaban J connectivity index is 2.14. The second-order valence-corrected chi connectivity index (χ2v) is 5.07. The second kappa shape index (κ2) is 4.98. The Morgan fingerprint density at radius 2 is 2.14 bits per heavy atom. The maximum absolute atomic E-state index is 13.4. The van der Waals surface area contributed by atoms with Crippen LogP contribution < -0.4 is 11.5 Å². The van der Waals surface area contributed by atoms with Crippen molar-refractivity contribution >= 4 is 22.9 Å². The number of aromatic nitrogens is 4. The largest absolute Gasteiger partial charge is 0.394 e. The van der Waals surface area contributed by atoms with Crippen molar-refractivity contribution in [1.29, 1.82) is 0 Å². The number of alkyl halides is 1. The van der Waals surface area contributed by atoms with Gasteiger partial charge in [-0.05, 0) is 0 Å². The highest BCUT2D eigenvalue weighted by molar-refractivity contribution is 5.82. The molecule has 0 aromatic carbocycles. The van der Waals surface area contributed by atoms with Crippen LogP contribution in [0.15, 0.2) is 6.33 Å². The standard InChI is InChI=1S/C11H15FN6O4/c12-2-11(21)6(20)4(1-19)22-9(11)18-3-15-5-7(13)16-10(14)17-8(5)18/h3-4,6,9,19-21H,1-2H2,(H4,13,14,16,17)/t4-,6-,9-,11-/m1/s1. The normalized spacial score (nSPS) is 31.9. The Kier molecular flexibility index (Phi) is 3.36.